The molecule has 0 aromatic heterocycles. The second-order valence-corrected chi connectivity index (χ2v) is 3.99. The number of nitrogens with one attached hydrogen (secondary N) is 2. The summed E-state index contributed by atoms with van der Waals surface area (Å²) >= 11 is 0. The fourth-order valence-corrected chi connectivity index (χ4v) is 1.65. The highest BCUT2D eigenvalue weighted by Gasteiger charge is 2.15. The molecule has 1 aromatic rings. The lowest BCUT2D eigenvalue weighted by atomic mass is 9.99. The lowest BCUT2D eigenvalue weighted by Crippen LogP contribution is -2.07. The minimum absolute atomic E-state index is 0.0468. The molecule has 0 bridgehead atoms. The zero-order valence-electron chi connectivity index (χ0n) is 10.4. The van der Waals surface area contributed by atoms with Crippen molar-refractivity contribution in [1.82, 2.24) is 0 Å². The van der Waals surface area contributed by atoms with Crippen molar-refractivity contribution < 1.29 is 19.0 Å². The number of methoxy groups -OCH3 is 1. The van der Waals surface area contributed by atoms with Crippen LogP contribution in [0.2, 0.25) is 0 Å². The van der Waals surface area contributed by atoms with Gasteiger partial charge in [-0.1, -0.05) is 0 Å². The summed E-state index contributed by atoms with van der Waals surface area (Å²) in [5.41, 5.74) is 0.167. The van der Waals surface area contributed by atoms with Crippen molar-refractivity contribution in [2.24, 2.45) is 5.92 Å². The van der Waals surface area contributed by atoms with Crippen LogP contribution in [-0.4, -0.2) is 30.6 Å². The van der Waals surface area contributed by atoms with Gasteiger partial charge in [0.15, 0.2) is 11.6 Å². The molecule has 0 atom stereocenters. The van der Waals surface area contributed by atoms with Crippen LogP contribution in [0.3, 0.4) is 0 Å². The van der Waals surface area contributed by atoms with E-state index in [0.29, 0.717) is 6.42 Å². The van der Waals surface area contributed by atoms with Crippen LogP contribution >= 0.6 is 0 Å². The fourth-order valence-electron chi connectivity index (χ4n) is 1.65. The van der Waals surface area contributed by atoms with Crippen molar-refractivity contribution in [3.63, 3.8) is 0 Å². The fraction of sp³-hybridized carbons (Fsp3) is 0.308. The van der Waals surface area contributed by atoms with Gasteiger partial charge in [-0.2, -0.15) is 0 Å². The number of carboxylic acid groups (broad SMARTS) is 1. The number of benzene rings is 1. The second kappa shape index (κ2) is 6.63. The molecular formula is C13H15FN2O3. The Morgan fingerprint density at radius 1 is 1.47 bits per heavy atom. The quantitative estimate of drug-likeness (QED) is 0.661. The summed E-state index contributed by atoms with van der Waals surface area (Å²) in [6, 6.07) is 2.39. The molecule has 5 nitrogen and oxygen atoms in total. The average Bonchev–Trinajstić information content (AvgIpc) is 2.41. The SMILES string of the molecule is COc1cc(C(=O)O)cc(CCC(C=N)C=N)c1F. The standard InChI is InChI=1S/C13H15FN2O3/c1-19-11-5-10(13(17)18)4-9(12(11)14)3-2-8(6-15)7-16/h4-8,15-16H,2-3H2,1H3,(H,17,18). The zero-order valence-corrected chi connectivity index (χ0v) is 10.4. The van der Waals surface area contributed by atoms with Gasteiger partial charge in [0.2, 0.25) is 0 Å². The molecule has 0 saturated carbocycles. The minimum atomic E-state index is -1.16. The number of hydrogen-bond donors (Lipinski definition) is 3. The lowest BCUT2D eigenvalue weighted by molar-refractivity contribution is 0.0696. The Balaban J connectivity index is 3.04. The van der Waals surface area contributed by atoms with Gasteiger partial charge in [0, 0.05) is 18.3 Å². The minimum Gasteiger partial charge on any atom is -0.494 e. The van der Waals surface area contributed by atoms with Crippen LogP contribution < -0.4 is 4.74 Å². The Bertz CT molecular complexity index is 495. The highest BCUT2D eigenvalue weighted by molar-refractivity contribution is 5.88. The third-order valence-electron chi connectivity index (χ3n) is 2.76. The van der Waals surface area contributed by atoms with Crippen LogP contribution in [0.4, 0.5) is 4.39 Å². The number of aromatic carboxylic acids is 1. The Morgan fingerprint density at radius 3 is 2.58 bits per heavy atom. The monoisotopic (exact) mass is 266 g/mol. The van der Waals surface area contributed by atoms with Crippen LogP contribution in [-0.2, 0) is 6.42 Å². The van der Waals surface area contributed by atoms with Crippen LogP contribution in [0.5, 0.6) is 5.75 Å². The van der Waals surface area contributed by atoms with Crippen molar-refractivity contribution in [3.8, 4) is 5.75 Å². The van der Waals surface area contributed by atoms with Gasteiger partial charge >= 0.3 is 5.97 Å². The summed E-state index contributed by atoms with van der Waals surface area (Å²) in [5.74, 6) is -2.24. The van der Waals surface area contributed by atoms with E-state index in [2.05, 4.69) is 0 Å². The summed E-state index contributed by atoms with van der Waals surface area (Å²) in [6.45, 7) is 0. The molecule has 0 saturated heterocycles. The molecule has 3 N–H and O–H groups in total. The molecule has 6 heteroatoms. The van der Waals surface area contributed by atoms with E-state index >= 15 is 0 Å². The van der Waals surface area contributed by atoms with Crippen molar-refractivity contribution in [2.75, 3.05) is 7.11 Å². The van der Waals surface area contributed by atoms with E-state index in [1.54, 1.807) is 0 Å². The van der Waals surface area contributed by atoms with Crippen molar-refractivity contribution in [1.29, 1.82) is 10.8 Å². The topological polar surface area (TPSA) is 94.2 Å². The molecule has 0 aliphatic carbocycles. The number of carboxylic acids is 1. The number of carbonyl (C=O) groups is 1. The molecule has 0 fully saturated rings. The van der Waals surface area contributed by atoms with E-state index in [9.17, 15) is 9.18 Å². The summed E-state index contributed by atoms with van der Waals surface area (Å²) in [6.07, 6.45) is 2.81. The van der Waals surface area contributed by atoms with E-state index in [-0.39, 0.29) is 29.2 Å². The molecule has 0 heterocycles. The van der Waals surface area contributed by atoms with Crippen LogP contribution in [0.15, 0.2) is 12.1 Å². The summed E-state index contributed by atoms with van der Waals surface area (Å²) in [7, 11) is 1.27. The number of rotatable bonds is 7. The number of ether oxygens (including phenoxy) is 1. The maximum absolute atomic E-state index is 13.9. The predicted octanol–water partition coefficient (Wildman–Crippen LogP) is 2.38. The van der Waals surface area contributed by atoms with Gasteiger partial charge in [0.1, 0.15) is 0 Å². The highest BCUT2D eigenvalue weighted by Crippen LogP contribution is 2.24. The first kappa shape index (κ1) is 14.8. The first-order chi connectivity index (χ1) is 9.03. The molecule has 0 spiro atoms. The molecule has 102 valence electrons. The van der Waals surface area contributed by atoms with Gasteiger partial charge in [0.05, 0.1) is 12.7 Å². The highest BCUT2D eigenvalue weighted by atomic mass is 19.1. The molecule has 0 aliphatic rings. The van der Waals surface area contributed by atoms with E-state index in [0.717, 1.165) is 18.5 Å². The lowest BCUT2D eigenvalue weighted by Gasteiger charge is -2.10. The average molecular weight is 266 g/mol. The van der Waals surface area contributed by atoms with Crippen molar-refractivity contribution in [3.05, 3.63) is 29.1 Å². The van der Waals surface area contributed by atoms with Crippen molar-refractivity contribution >= 4 is 18.4 Å². The molecule has 19 heavy (non-hydrogen) atoms. The summed E-state index contributed by atoms with van der Waals surface area (Å²) in [5, 5.41) is 23.1. The number of hydrogen-bond acceptors (Lipinski definition) is 4. The Labute approximate surface area is 110 Å². The van der Waals surface area contributed by atoms with E-state index in [4.69, 9.17) is 20.7 Å². The molecule has 1 aromatic carbocycles. The van der Waals surface area contributed by atoms with Crippen LogP contribution in [0.25, 0.3) is 0 Å². The van der Waals surface area contributed by atoms with E-state index < -0.39 is 11.8 Å². The smallest absolute Gasteiger partial charge is 0.335 e. The summed E-state index contributed by atoms with van der Waals surface area (Å²) in [4.78, 5) is 10.9. The van der Waals surface area contributed by atoms with Gasteiger partial charge in [-0.25, -0.2) is 9.18 Å². The molecule has 0 unspecified atom stereocenters. The molecule has 0 aliphatic heterocycles. The molecule has 0 amide bonds. The number of aryl methyl sites for hydroxylation is 1. The maximum Gasteiger partial charge on any atom is 0.335 e. The third-order valence-corrected chi connectivity index (χ3v) is 2.76. The Morgan fingerprint density at radius 2 is 2.11 bits per heavy atom. The predicted molar refractivity (Wildman–Crippen MR) is 69.3 cm³/mol. The van der Waals surface area contributed by atoms with Gasteiger partial charge in [-0.05, 0) is 30.5 Å². The van der Waals surface area contributed by atoms with Crippen LogP contribution in [0.1, 0.15) is 22.3 Å². The van der Waals surface area contributed by atoms with Gasteiger partial charge < -0.3 is 20.7 Å². The van der Waals surface area contributed by atoms with Gasteiger partial charge in [-0.15, -0.1) is 0 Å². The largest absolute Gasteiger partial charge is 0.494 e. The van der Waals surface area contributed by atoms with Gasteiger partial charge in [-0.3, -0.25) is 0 Å². The second-order valence-electron chi connectivity index (χ2n) is 3.99. The van der Waals surface area contributed by atoms with E-state index in [1.165, 1.54) is 13.2 Å². The van der Waals surface area contributed by atoms with Gasteiger partial charge in [0.25, 0.3) is 0 Å². The molecule has 0 radical (unpaired) electrons. The number of halogens is 1. The Kier molecular flexibility index (Phi) is 5.17. The van der Waals surface area contributed by atoms with E-state index in [1.807, 2.05) is 0 Å². The maximum atomic E-state index is 13.9. The van der Waals surface area contributed by atoms with Crippen molar-refractivity contribution in [2.45, 2.75) is 12.8 Å². The first-order valence-corrected chi connectivity index (χ1v) is 5.64. The zero-order chi connectivity index (χ0) is 14.4. The molecule has 1 rings (SSSR count). The van der Waals surface area contributed by atoms with Crippen LogP contribution in [0, 0.1) is 22.6 Å². The Hall–Kier alpha value is -2.24. The summed E-state index contributed by atoms with van der Waals surface area (Å²) < 4.78 is 18.8. The normalized spacial score (nSPS) is 11.7. The first-order valence-electron chi connectivity index (χ1n) is 5.64. The third kappa shape index (κ3) is 3.61. The molecular weight excluding hydrogens is 251 g/mol.